The fraction of sp³-hybridized carbons (Fsp3) is 0.889. The standard InChI is InChI=1S/C27H52N2O4/c1-6-7-8-9-10-11-12-13-14-18-24(30)28-19-16-15-17-23(26(32)33)29-25(31)20-22(2)21-27(3,4)5/h22-23H,6-21H2,1-5H3,(H,28,30)(H,29,31)(H,32,33)/t22?,23-/m0/s1. The van der Waals surface area contributed by atoms with Gasteiger partial charge in [-0.2, -0.15) is 0 Å². The molecule has 0 aromatic heterocycles. The van der Waals surface area contributed by atoms with Gasteiger partial charge in [0.1, 0.15) is 6.04 Å². The van der Waals surface area contributed by atoms with Crippen molar-refractivity contribution in [2.75, 3.05) is 6.54 Å². The minimum Gasteiger partial charge on any atom is -0.480 e. The fourth-order valence-electron chi connectivity index (χ4n) is 4.33. The van der Waals surface area contributed by atoms with Gasteiger partial charge in [0.25, 0.3) is 0 Å². The Balaban J connectivity index is 3.86. The molecule has 0 aliphatic carbocycles. The topological polar surface area (TPSA) is 95.5 Å². The molecule has 2 amide bonds. The summed E-state index contributed by atoms with van der Waals surface area (Å²) in [4.78, 5) is 35.7. The van der Waals surface area contributed by atoms with Crippen molar-refractivity contribution in [2.45, 2.75) is 137 Å². The van der Waals surface area contributed by atoms with Gasteiger partial charge in [-0.1, -0.05) is 86.0 Å². The lowest BCUT2D eigenvalue weighted by Gasteiger charge is -2.23. The molecular weight excluding hydrogens is 416 g/mol. The van der Waals surface area contributed by atoms with Crippen molar-refractivity contribution in [3.05, 3.63) is 0 Å². The molecule has 2 atom stereocenters. The zero-order valence-corrected chi connectivity index (χ0v) is 22.1. The summed E-state index contributed by atoms with van der Waals surface area (Å²) in [6.07, 6.45) is 14.7. The SMILES string of the molecule is CCCCCCCCCCCC(=O)NCCCC[C@H](NC(=O)CC(C)CC(C)(C)C)C(=O)O. The van der Waals surface area contributed by atoms with Gasteiger partial charge in [0.05, 0.1) is 0 Å². The van der Waals surface area contributed by atoms with Crippen LogP contribution in [0.5, 0.6) is 0 Å². The van der Waals surface area contributed by atoms with Crippen LogP contribution in [0.2, 0.25) is 0 Å². The number of carbonyl (C=O) groups is 3. The second-order valence-electron chi connectivity index (χ2n) is 11.0. The monoisotopic (exact) mass is 468 g/mol. The molecule has 0 aromatic rings. The summed E-state index contributed by atoms with van der Waals surface area (Å²) < 4.78 is 0. The molecule has 194 valence electrons. The lowest BCUT2D eigenvalue weighted by atomic mass is 9.84. The Labute approximate surface area is 203 Å². The molecule has 0 bridgehead atoms. The van der Waals surface area contributed by atoms with Crippen LogP contribution in [0.4, 0.5) is 0 Å². The van der Waals surface area contributed by atoms with Gasteiger partial charge in [0.15, 0.2) is 0 Å². The molecule has 6 nitrogen and oxygen atoms in total. The zero-order chi connectivity index (χ0) is 25.1. The van der Waals surface area contributed by atoms with Crippen LogP contribution < -0.4 is 10.6 Å². The summed E-state index contributed by atoms with van der Waals surface area (Å²) in [5, 5.41) is 15.0. The van der Waals surface area contributed by atoms with E-state index in [9.17, 15) is 19.5 Å². The molecule has 0 fully saturated rings. The first kappa shape index (κ1) is 31.4. The Hall–Kier alpha value is -1.59. The highest BCUT2D eigenvalue weighted by Crippen LogP contribution is 2.25. The molecule has 0 heterocycles. The third-order valence-electron chi connectivity index (χ3n) is 5.88. The maximum atomic E-state index is 12.2. The van der Waals surface area contributed by atoms with Crippen LogP contribution in [0.15, 0.2) is 0 Å². The molecule has 0 aliphatic rings. The van der Waals surface area contributed by atoms with Crippen molar-refractivity contribution in [1.82, 2.24) is 10.6 Å². The second kappa shape index (κ2) is 18.8. The summed E-state index contributed by atoms with van der Waals surface area (Å²) in [5.41, 5.74) is 0.143. The number of carboxylic acids is 1. The Bertz CT molecular complexity index is 543. The third kappa shape index (κ3) is 20.7. The first-order valence-electron chi connectivity index (χ1n) is 13.3. The van der Waals surface area contributed by atoms with Crippen LogP contribution in [0.1, 0.15) is 131 Å². The molecule has 6 heteroatoms. The van der Waals surface area contributed by atoms with Gasteiger partial charge in [-0.3, -0.25) is 9.59 Å². The lowest BCUT2D eigenvalue weighted by Crippen LogP contribution is -2.41. The quantitative estimate of drug-likeness (QED) is 0.185. The van der Waals surface area contributed by atoms with Gasteiger partial charge < -0.3 is 15.7 Å². The van der Waals surface area contributed by atoms with E-state index in [0.29, 0.717) is 38.6 Å². The van der Waals surface area contributed by atoms with Crippen molar-refractivity contribution in [3.63, 3.8) is 0 Å². The number of amides is 2. The van der Waals surface area contributed by atoms with Crippen LogP contribution in [0, 0.1) is 11.3 Å². The van der Waals surface area contributed by atoms with Crippen LogP contribution in [-0.2, 0) is 14.4 Å². The van der Waals surface area contributed by atoms with Gasteiger partial charge >= 0.3 is 5.97 Å². The van der Waals surface area contributed by atoms with Crippen LogP contribution >= 0.6 is 0 Å². The summed E-state index contributed by atoms with van der Waals surface area (Å²) in [7, 11) is 0. The van der Waals surface area contributed by atoms with Gasteiger partial charge in [0, 0.05) is 19.4 Å². The number of aliphatic carboxylic acids is 1. The number of hydrogen-bond donors (Lipinski definition) is 3. The Morgan fingerprint density at radius 2 is 1.39 bits per heavy atom. The molecule has 0 aliphatic heterocycles. The average Bonchev–Trinajstić information content (AvgIpc) is 2.69. The summed E-state index contributed by atoms with van der Waals surface area (Å²) in [5.74, 6) is -0.913. The number of carboxylic acid groups (broad SMARTS) is 1. The first-order chi connectivity index (χ1) is 15.5. The average molecular weight is 469 g/mol. The summed E-state index contributed by atoms with van der Waals surface area (Å²) in [6.45, 7) is 11.2. The second-order valence-corrected chi connectivity index (χ2v) is 11.0. The highest BCUT2D eigenvalue weighted by molar-refractivity contribution is 5.83. The van der Waals surface area contributed by atoms with E-state index in [0.717, 1.165) is 19.3 Å². The van der Waals surface area contributed by atoms with Crippen LogP contribution in [-0.4, -0.2) is 35.5 Å². The van der Waals surface area contributed by atoms with Crippen LogP contribution in [0.25, 0.3) is 0 Å². The van der Waals surface area contributed by atoms with E-state index in [1.54, 1.807) is 0 Å². The molecule has 0 aromatic carbocycles. The van der Waals surface area contributed by atoms with E-state index in [1.165, 1.54) is 44.9 Å². The summed E-state index contributed by atoms with van der Waals surface area (Å²) >= 11 is 0. The normalized spacial score (nSPS) is 13.4. The maximum absolute atomic E-state index is 12.2. The number of nitrogens with one attached hydrogen (secondary N) is 2. The molecule has 0 saturated carbocycles. The molecule has 33 heavy (non-hydrogen) atoms. The van der Waals surface area contributed by atoms with Crippen molar-refractivity contribution in [2.24, 2.45) is 11.3 Å². The van der Waals surface area contributed by atoms with Crippen molar-refractivity contribution in [3.8, 4) is 0 Å². The Kier molecular flexibility index (Phi) is 17.9. The van der Waals surface area contributed by atoms with Crippen LogP contribution in [0.3, 0.4) is 0 Å². The summed E-state index contributed by atoms with van der Waals surface area (Å²) in [6, 6.07) is -0.864. The molecule has 0 spiro atoms. The largest absolute Gasteiger partial charge is 0.480 e. The predicted octanol–water partition coefficient (Wildman–Crippen LogP) is 6.23. The first-order valence-corrected chi connectivity index (χ1v) is 13.3. The lowest BCUT2D eigenvalue weighted by molar-refractivity contribution is -0.142. The van der Waals surface area contributed by atoms with E-state index in [-0.39, 0.29) is 23.1 Å². The predicted molar refractivity (Wildman–Crippen MR) is 136 cm³/mol. The van der Waals surface area contributed by atoms with Crippen molar-refractivity contribution in [1.29, 1.82) is 0 Å². The zero-order valence-electron chi connectivity index (χ0n) is 22.1. The minimum atomic E-state index is -0.999. The Morgan fingerprint density at radius 1 is 0.818 bits per heavy atom. The van der Waals surface area contributed by atoms with E-state index < -0.39 is 12.0 Å². The van der Waals surface area contributed by atoms with Crippen molar-refractivity contribution >= 4 is 17.8 Å². The van der Waals surface area contributed by atoms with E-state index in [1.807, 2.05) is 6.92 Å². The molecular formula is C27H52N2O4. The number of rotatable bonds is 20. The molecule has 0 saturated heterocycles. The van der Waals surface area contributed by atoms with E-state index in [4.69, 9.17) is 0 Å². The molecule has 3 N–H and O–H groups in total. The van der Waals surface area contributed by atoms with E-state index >= 15 is 0 Å². The molecule has 0 rings (SSSR count). The van der Waals surface area contributed by atoms with Gasteiger partial charge in [-0.05, 0) is 43.4 Å². The molecule has 0 radical (unpaired) electrons. The van der Waals surface area contributed by atoms with Crippen molar-refractivity contribution < 1.29 is 19.5 Å². The van der Waals surface area contributed by atoms with Gasteiger partial charge in [0.2, 0.25) is 11.8 Å². The number of unbranched alkanes of at least 4 members (excludes halogenated alkanes) is 9. The fourth-order valence-corrected chi connectivity index (χ4v) is 4.33. The molecule has 1 unspecified atom stereocenters. The highest BCUT2D eigenvalue weighted by Gasteiger charge is 2.22. The van der Waals surface area contributed by atoms with Gasteiger partial charge in [-0.15, -0.1) is 0 Å². The minimum absolute atomic E-state index is 0.0777. The highest BCUT2D eigenvalue weighted by atomic mass is 16.4. The smallest absolute Gasteiger partial charge is 0.326 e. The van der Waals surface area contributed by atoms with Gasteiger partial charge in [-0.25, -0.2) is 4.79 Å². The third-order valence-corrected chi connectivity index (χ3v) is 5.88. The maximum Gasteiger partial charge on any atom is 0.326 e. The Morgan fingerprint density at radius 3 is 1.94 bits per heavy atom. The number of carbonyl (C=O) groups excluding carboxylic acids is 2. The number of hydrogen-bond acceptors (Lipinski definition) is 3. The van der Waals surface area contributed by atoms with E-state index in [2.05, 4.69) is 38.3 Å².